The predicted molar refractivity (Wildman–Crippen MR) is 87.3 cm³/mol. The van der Waals surface area contributed by atoms with Crippen molar-refractivity contribution in [1.29, 1.82) is 0 Å². The minimum absolute atomic E-state index is 0.133. The third kappa shape index (κ3) is 3.92. The predicted octanol–water partition coefficient (Wildman–Crippen LogP) is 3.37. The molecule has 3 rings (SSSR count). The smallest absolute Gasteiger partial charge is 0.292 e. The van der Waals surface area contributed by atoms with E-state index in [1.807, 2.05) is 17.0 Å². The number of carbonyl (C=O) groups excluding carboxylic acids is 1. The lowest BCUT2D eigenvalue weighted by Gasteiger charge is -2.20. The highest BCUT2D eigenvalue weighted by atomic mass is 35.5. The van der Waals surface area contributed by atoms with Crippen molar-refractivity contribution in [2.75, 3.05) is 13.2 Å². The molecule has 0 bridgehead atoms. The maximum absolute atomic E-state index is 12.6. The van der Waals surface area contributed by atoms with E-state index in [-0.39, 0.29) is 18.3 Å². The molecule has 5 nitrogen and oxygen atoms in total. The van der Waals surface area contributed by atoms with Gasteiger partial charge in [-0.25, -0.2) is 0 Å². The van der Waals surface area contributed by atoms with Crippen LogP contribution in [-0.4, -0.2) is 40.3 Å². The van der Waals surface area contributed by atoms with Gasteiger partial charge in [-0.2, -0.15) is 0 Å². The van der Waals surface area contributed by atoms with Gasteiger partial charge in [0.2, 0.25) is 5.76 Å². The van der Waals surface area contributed by atoms with E-state index in [4.69, 9.17) is 21.2 Å². The van der Waals surface area contributed by atoms with Gasteiger partial charge in [0.25, 0.3) is 5.91 Å². The lowest BCUT2D eigenvalue weighted by atomic mass is 10.1. The van der Waals surface area contributed by atoms with E-state index in [1.54, 1.807) is 18.2 Å². The molecule has 1 N–H and O–H groups in total. The second-order valence-electron chi connectivity index (χ2n) is 5.75. The van der Waals surface area contributed by atoms with Gasteiger partial charge in [-0.1, -0.05) is 28.9 Å². The van der Waals surface area contributed by atoms with Crippen LogP contribution in [0, 0.1) is 0 Å². The average Bonchev–Trinajstić information content (AvgIpc) is 3.26. The van der Waals surface area contributed by atoms with E-state index in [1.165, 1.54) is 0 Å². The van der Waals surface area contributed by atoms with Crippen LogP contribution in [0.25, 0.3) is 11.3 Å². The molecule has 1 aromatic heterocycles. The number of rotatable bonds is 7. The summed E-state index contributed by atoms with van der Waals surface area (Å²) in [4.78, 5) is 14.5. The largest absolute Gasteiger partial charge is 0.396 e. The quantitative estimate of drug-likeness (QED) is 0.788. The van der Waals surface area contributed by atoms with Crippen molar-refractivity contribution in [2.45, 2.75) is 31.7 Å². The fourth-order valence-corrected chi connectivity index (χ4v) is 2.72. The van der Waals surface area contributed by atoms with Crippen molar-refractivity contribution in [3.05, 3.63) is 41.1 Å². The molecule has 1 aliphatic carbocycles. The first-order chi connectivity index (χ1) is 11.2. The molecule has 122 valence electrons. The Labute approximate surface area is 139 Å². The molecule has 1 amide bonds. The fourth-order valence-electron chi connectivity index (χ4n) is 2.53. The Bertz CT molecular complexity index is 682. The maximum atomic E-state index is 12.6. The Kier molecular flexibility index (Phi) is 4.98. The number of halogens is 1. The molecule has 1 saturated carbocycles. The van der Waals surface area contributed by atoms with Crippen molar-refractivity contribution >= 4 is 17.5 Å². The van der Waals surface area contributed by atoms with Gasteiger partial charge in [-0.05, 0) is 37.8 Å². The first kappa shape index (κ1) is 16.0. The van der Waals surface area contributed by atoms with Crippen LogP contribution in [0.2, 0.25) is 5.02 Å². The maximum Gasteiger partial charge on any atom is 0.292 e. The summed E-state index contributed by atoms with van der Waals surface area (Å²) in [6.07, 6.45) is 3.54. The van der Waals surface area contributed by atoms with E-state index in [2.05, 4.69) is 5.16 Å². The molecule has 6 heteroatoms. The van der Waals surface area contributed by atoms with Gasteiger partial charge in [-0.15, -0.1) is 0 Å². The normalized spacial score (nSPS) is 14.0. The number of aliphatic hydroxyl groups excluding tert-OH is 1. The second kappa shape index (κ2) is 7.15. The lowest BCUT2D eigenvalue weighted by molar-refractivity contribution is 0.0695. The van der Waals surface area contributed by atoms with Crippen LogP contribution in [0.4, 0.5) is 0 Å². The number of hydrogen-bond acceptors (Lipinski definition) is 4. The molecule has 0 unspecified atom stereocenters. The zero-order valence-corrected chi connectivity index (χ0v) is 13.5. The summed E-state index contributed by atoms with van der Waals surface area (Å²) in [7, 11) is 0. The third-order valence-electron chi connectivity index (χ3n) is 3.90. The second-order valence-corrected chi connectivity index (χ2v) is 6.18. The van der Waals surface area contributed by atoms with Gasteiger partial charge in [0.1, 0.15) is 5.69 Å². The number of hydrogen-bond donors (Lipinski definition) is 1. The number of aliphatic hydroxyl groups is 1. The van der Waals surface area contributed by atoms with Crippen molar-refractivity contribution < 1.29 is 14.4 Å². The molecular formula is C17H19ClN2O3. The molecule has 0 radical (unpaired) electrons. The van der Waals surface area contributed by atoms with E-state index in [0.29, 0.717) is 29.7 Å². The number of carbonyl (C=O) groups is 1. The molecule has 1 aromatic carbocycles. The van der Waals surface area contributed by atoms with Crippen LogP contribution in [0.3, 0.4) is 0 Å². The molecule has 0 spiro atoms. The number of amides is 1. The summed E-state index contributed by atoms with van der Waals surface area (Å²) in [6, 6.07) is 9.23. The van der Waals surface area contributed by atoms with Crippen molar-refractivity contribution in [2.24, 2.45) is 0 Å². The molecule has 0 saturated heterocycles. The van der Waals surface area contributed by atoms with Gasteiger partial charge in [0, 0.05) is 35.8 Å². The van der Waals surface area contributed by atoms with Gasteiger partial charge in [-0.3, -0.25) is 4.79 Å². The molecule has 2 aromatic rings. The fraction of sp³-hybridized carbons (Fsp3) is 0.412. The van der Waals surface area contributed by atoms with E-state index in [0.717, 1.165) is 24.8 Å². The van der Waals surface area contributed by atoms with Crippen LogP contribution < -0.4 is 0 Å². The zero-order chi connectivity index (χ0) is 16.2. The lowest BCUT2D eigenvalue weighted by Crippen LogP contribution is -2.33. The van der Waals surface area contributed by atoms with Gasteiger partial charge in [0.15, 0.2) is 0 Å². The number of nitrogens with zero attached hydrogens (tertiary/aromatic N) is 2. The summed E-state index contributed by atoms with van der Waals surface area (Å²) in [5.41, 5.74) is 1.42. The molecule has 1 heterocycles. The number of benzene rings is 1. The Balaban J connectivity index is 1.74. The van der Waals surface area contributed by atoms with Crippen LogP contribution in [-0.2, 0) is 0 Å². The molecule has 0 atom stereocenters. The highest BCUT2D eigenvalue weighted by molar-refractivity contribution is 6.30. The molecule has 1 fully saturated rings. The molecule has 0 aliphatic heterocycles. The summed E-state index contributed by atoms with van der Waals surface area (Å²) in [5.74, 6) is 0.113. The first-order valence-corrected chi connectivity index (χ1v) is 8.21. The van der Waals surface area contributed by atoms with Crippen LogP contribution >= 0.6 is 11.6 Å². The molecule has 1 aliphatic rings. The van der Waals surface area contributed by atoms with Crippen molar-refractivity contribution in [1.82, 2.24) is 10.1 Å². The summed E-state index contributed by atoms with van der Waals surface area (Å²) >= 11 is 5.98. The van der Waals surface area contributed by atoms with E-state index < -0.39 is 0 Å². The Hall–Kier alpha value is -1.85. The number of unbranched alkanes of at least 4 members (excludes halogenated alkanes) is 1. The summed E-state index contributed by atoms with van der Waals surface area (Å²) in [5, 5.41) is 13.5. The Morgan fingerprint density at radius 1 is 1.35 bits per heavy atom. The van der Waals surface area contributed by atoms with Crippen molar-refractivity contribution in [3.63, 3.8) is 0 Å². The third-order valence-corrected chi connectivity index (χ3v) is 4.13. The Morgan fingerprint density at radius 3 is 2.87 bits per heavy atom. The van der Waals surface area contributed by atoms with Crippen LogP contribution in [0.5, 0.6) is 0 Å². The van der Waals surface area contributed by atoms with Crippen molar-refractivity contribution in [3.8, 4) is 11.3 Å². The Morgan fingerprint density at radius 2 is 2.17 bits per heavy atom. The summed E-state index contributed by atoms with van der Waals surface area (Å²) < 4.78 is 5.25. The van der Waals surface area contributed by atoms with Gasteiger partial charge in [0.05, 0.1) is 0 Å². The minimum atomic E-state index is -0.133. The first-order valence-electron chi connectivity index (χ1n) is 7.83. The van der Waals surface area contributed by atoms with E-state index >= 15 is 0 Å². The average molecular weight is 335 g/mol. The monoisotopic (exact) mass is 334 g/mol. The standard InChI is InChI=1S/C17H19ClN2O3/c18-13-5-3-4-12(10-13)15-11-16(23-19-15)17(22)20(14-6-7-14)8-1-2-9-21/h3-5,10-11,14,21H,1-2,6-9H2. The van der Waals surface area contributed by atoms with Gasteiger partial charge < -0.3 is 14.5 Å². The topological polar surface area (TPSA) is 66.6 Å². The highest BCUT2D eigenvalue weighted by Crippen LogP contribution is 2.29. The minimum Gasteiger partial charge on any atom is -0.396 e. The number of aromatic nitrogens is 1. The molecular weight excluding hydrogens is 316 g/mol. The SMILES string of the molecule is O=C(c1cc(-c2cccc(Cl)c2)no1)N(CCCCO)C1CC1. The van der Waals surface area contributed by atoms with Crippen LogP contribution in [0.1, 0.15) is 36.2 Å². The van der Waals surface area contributed by atoms with Gasteiger partial charge >= 0.3 is 0 Å². The zero-order valence-electron chi connectivity index (χ0n) is 12.7. The van der Waals surface area contributed by atoms with E-state index in [9.17, 15) is 4.79 Å². The van der Waals surface area contributed by atoms with Crippen LogP contribution in [0.15, 0.2) is 34.9 Å². The highest BCUT2D eigenvalue weighted by Gasteiger charge is 2.34. The molecule has 23 heavy (non-hydrogen) atoms. The summed E-state index contributed by atoms with van der Waals surface area (Å²) in [6.45, 7) is 0.783.